The Labute approximate surface area is 542 Å². The zero-order chi connectivity index (χ0) is 65.2. The molecule has 0 unspecified atom stereocenters. The summed E-state index contributed by atoms with van der Waals surface area (Å²) in [6.45, 7) is 12.0. The molecule has 3 aliphatic rings. The Kier molecular flexibility index (Phi) is 19.2. The van der Waals surface area contributed by atoms with E-state index >= 15 is 0 Å². The smallest absolute Gasteiger partial charge is 0.434 e. The maximum atomic E-state index is 13.6. The summed E-state index contributed by atoms with van der Waals surface area (Å²) in [7, 11) is 3.26. The van der Waals surface area contributed by atoms with Gasteiger partial charge in [0.25, 0.3) is 0 Å². The summed E-state index contributed by atoms with van der Waals surface area (Å²) in [6.07, 6.45) is 3.44. The number of nitrogens with one attached hydrogen (secondary N) is 1. The second-order valence-electron chi connectivity index (χ2n) is 23.7. The lowest BCUT2D eigenvalue weighted by atomic mass is 9.91. The van der Waals surface area contributed by atoms with Gasteiger partial charge in [-0.1, -0.05) is 47.8 Å². The van der Waals surface area contributed by atoms with Crippen LogP contribution in [0.4, 0.5) is 43.8 Å². The number of rotatable bonds is 13. The Hall–Kier alpha value is -7.97. The Morgan fingerprint density at radius 3 is 1.35 bits per heavy atom. The quantitative estimate of drug-likeness (QED) is 0.0781. The van der Waals surface area contributed by atoms with Crippen molar-refractivity contribution in [3.8, 4) is 11.5 Å². The molecule has 8 aromatic heterocycles. The highest BCUT2D eigenvalue weighted by molar-refractivity contribution is 9.10. The lowest BCUT2D eigenvalue weighted by molar-refractivity contribution is -0.144. The number of aromatic amines is 1. The zero-order valence-electron chi connectivity index (χ0n) is 50.9. The van der Waals surface area contributed by atoms with Gasteiger partial charge in [-0.15, -0.1) is 0 Å². The first-order valence-electron chi connectivity index (χ1n) is 29.4. The van der Waals surface area contributed by atoms with E-state index < -0.39 is 23.7 Å². The number of hydrogen-bond acceptors (Lipinski definition) is 21. The van der Waals surface area contributed by atoms with Gasteiger partial charge in [-0.05, 0) is 135 Å². The highest BCUT2D eigenvalue weighted by Crippen LogP contribution is 2.42. The molecule has 13 rings (SSSR count). The van der Waals surface area contributed by atoms with Crippen LogP contribution >= 0.6 is 39.5 Å². The van der Waals surface area contributed by atoms with Gasteiger partial charge in [-0.2, -0.15) is 41.6 Å². The molecule has 3 fully saturated rings. The molecule has 2 aromatic carbocycles. The van der Waals surface area contributed by atoms with Crippen LogP contribution in [0.1, 0.15) is 81.8 Å². The fraction of sp³-hybridized carbons (Fsp3) is 0.393. The maximum absolute atomic E-state index is 13.6. The summed E-state index contributed by atoms with van der Waals surface area (Å²) in [4.78, 5) is 41.3. The molecule has 484 valence electrons. The molecular formula is C61H67BrF6N20O2S2. The van der Waals surface area contributed by atoms with E-state index in [-0.39, 0.29) is 26.4 Å². The zero-order valence-corrected chi connectivity index (χ0v) is 54.1. The van der Waals surface area contributed by atoms with Crippen molar-refractivity contribution in [1.82, 2.24) is 69.6 Å². The van der Waals surface area contributed by atoms with Gasteiger partial charge in [-0.3, -0.25) is 15.1 Å². The lowest BCUT2D eigenvalue weighted by Crippen LogP contribution is -2.48. The number of alkyl halides is 6. The molecule has 11 heterocycles. The van der Waals surface area contributed by atoms with Crippen molar-refractivity contribution >= 4 is 90.4 Å². The van der Waals surface area contributed by atoms with Crippen LogP contribution in [0.5, 0.6) is 11.5 Å². The fourth-order valence-electron chi connectivity index (χ4n) is 10.5. The third kappa shape index (κ3) is 15.6. The van der Waals surface area contributed by atoms with Crippen molar-refractivity contribution in [2.75, 3.05) is 68.2 Å². The Morgan fingerprint density at radius 2 is 0.913 bits per heavy atom. The summed E-state index contributed by atoms with van der Waals surface area (Å²) in [5.41, 5.74) is 21.7. The average Bonchev–Trinajstić information content (AvgIpc) is 1.64. The first-order valence-corrected chi connectivity index (χ1v) is 31.8. The van der Waals surface area contributed by atoms with Crippen molar-refractivity contribution in [2.45, 2.75) is 121 Å². The molecule has 10 aromatic rings. The van der Waals surface area contributed by atoms with E-state index in [9.17, 15) is 26.3 Å². The number of benzene rings is 2. The summed E-state index contributed by atoms with van der Waals surface area (Å²) >= 11 is 5.25. The number of ether oxygens (including phenoxy) is 2. The van der Waals surface area contributed by atoms with E-state index in [2.05, 4.69) is 87.9 Å². The third-order valence-electron chi connectivity index (χ3n) is 16.2. The van der Waals surface area contributed by atoms with Crippen LogP contribution < -0.4 is 41.4 Å². The maximum Gasteiger partial charge on any atom is 0.434 e. The van der Waals surface area contributed by atoms with Gasteiger partial charge in [0.2, 0.25) is 0 Å². The molecule has 0 atom stereocenters. The van der Waals surface area contributed by atoms with Crippen molar-refractivity contribution in [1.29, 1.82) is 0 Å². The number of anilines is 3. The first kappa shape index (κ1) is 65.5. The second-order valence-corrected chi connectivity index (χ2v) is 26.5. The standard InChI is InChI=1S/C25H26F3N7OS.C19H23BrN6O.C17H18F3N7S/c1-24(29)9-12-34(13-10-24)19-14-31-20-22(32-19)35(15-16-5-7-17(36-2)8-6-16)33-23(20)37-18-4-3-11-30-21(18)25(26,27)28;1-19(21)7-9-25(10-8-19)15-11-22-16-17(20)24-26(18(16)23-15)12-13-3-5-14(27-2)6-4-13;1-16(21)4-7-27(8-5-16)11-9-23-12-14(24-11)25-26-15(12)28-10-3-2-6-22-13(10)17(18,19)20/h3-8,11,14H,9-10,12-13,15,29H2,1-2H3;3-6,11H,7-10,12,21H2,1-2H3;2-3,6,9H,4-5,7-8,21H2,1H3,(H,24,25,26). The molecule has 3 saturated heterocycles. The highest BCUT2D eigenvalue weighted by Gasteiger charge is 2.38. The molecular weight excluding hydrogens is 1300 g/mol. The van der Waals surface area contributed by atoms with Crippen molar-refractivity contribution in [3.63, 3.8) is 0 Å². The van der Waals surface area contributed by atoms with Crippen LogP contribution in [0, 0.1) is 0 Å². The molecule has 3 aliphatic heterocycles. The molecule has 0 amide bonds. The van der Waals surface area contributed by atoms with Crippen LogP contribution in [0.2, 0.25) is 0 Å². The van der Waals surface area contributed by atoms with Crippen LogP contribution in [0.3, 0.4) is 0 Å². The topological polar surface area (TPSA) is 274 Å². The number of methoxy groups -OCH3 is 2. The fourth-order valence-corrected chi connectivity index (χ4v) is 12.9. The Bertz CT molecular complexity index is 4180. The van der Waals surface area contributed by atoms with E-state index in [1.54, 1.807) is 31.3 Å². The summed E-state index contributed by atoms with van der Waals surface area (Å²) in [5, 5.41) is 16.7. The minimum absolute atomic E-state index is 0.0347. The molecule has 0 bridgehead atoms. The number of aromatic nitrogens is 14. The van der Waals surface area contributed by atoms with Gasteiger partial charge in [0.05, 0.1) is 45.9 Å². The molecule has 0 saturated carbocycles. The van der Waals surface area contributed by atoms with Crippen LogP contribution in [0.15, 0.2) is 128 Å². The normalized spacial score (nSPS) is 16.5. The number of fused-ring (bicyclic) bond motifs is 3. The highest BCUT2D eigenvalue weighted by atomic mass is 79.9. The molecule has 0 spiro atoms. The third-order valence-corrected chi connectivity index (χ3v) is 18.8. The van der Waals surface area contributed by atoms with E-state index in [0.717, 1.165) is 153 Å². The van der Waals surface area contributed by atoms with Crippen molar-refractivity contribution in [3.05, 3.63) is 131 Å². The first-order chi connectivity index (χ1) is 43.8. The van der Waals surface area contributed by atoms with Crippen molar-refractivity contribution in [2.24, 2.45) is 17.2 Å². The monoisotopic (exact) mass is 1370 g/mol. The number of halogens is 7. The molecule has 31 heteroatoms. The van der Waals surface area contributed by atoms with Crippen LogP contribution in [-0.2, 0) is 25.4 Å². The van der Waals surface area contributed by atoms with E-state index in [0.29, 0.717) is 61.7 Å². The lowest BCUT2D eigenvalue weighted by Gasteiger charge is -2.37. The largest absolute Gasteiger partial charge is 0.497 e. The molecule has 0 radical (unpaired) electrons. The summed E-state index contributed by atoms with van der Waals surface area (Å²) in [5.74, 6) is 3.82. The second kappa shape index (κ2) is 26.9. The number of nitrogens with two attached hydrogens (primary N) is 3. The Balaban J connectivity index is 0.000000144. The minimum atomic E-state index is -4.59. The van der Waals surface area contributed by atoms with Crippen LogP contribution in [-0.4, -0.2) is 140 Å². The average molecular weight is 1370 g/mol. The van der Waals surface area contributed by atoms with E-state index in [1.165, 1.54) is 24.3 Å². The number of piperidine rings is 3. The Morgan fingerprint density at radius 1 is 0.522 bits per heavy atom. The number of pyridine rings is 2. The van der Waals surface area contributed by atoms with Gasteiger partial charge in [0.15, 0.2) is 43.0 Å². The van der Waals surface area contributed by atoms with Gasteiger partial charge < -0.3 is 41.4 Å². The summed E-state index contributed by atoms with van der Waals surface area (Å²) < 4.78 is 94.9. The van der Waals surface area contributed by atoms with Crippen LogP contribution in [0.25, 0.3) is 33.5 Å². The molecule has 7 N–H and O–H groups in total. The molecule has 0 aliphatic carbocycles. The van der Waals surface area contributed by atoms with Gasteiger partial charge in [0.1, 0.15) is 45.5 Å². The predicted molar refractivity (Wildman–Crippen MR) is 343 cm³/mol. The minimum Gasteiger partial charge on any atom is -0.497 e. The predicted octanol–water partition coefficient (Wildman–Crippen LogP) is 11.0. The molecule has 92 heavy (non-hydrogen) atoms. The van der Waals surface area contributed by atoms with E-state index in [4.69, 9.17) is 36.6 Å². The van der Waals surface area contributed by atoms with Gasteiger partial charge >= 0.3 is 12.4 Å². The molecule has 22 nitrogen and oxygen atoms in total. The summed E-state index contributed by atoms with van der Waals surface area (Å²) in [6, 6.07) is 21.1. The van der Waals surface area contributed by atoms with Crippen molar-refractivity contribution < 1.29 is 35.8 Å². The van der Waals surface area contributed by atoms with Gasteiger partial charge in [-0.25, -0.2) is 39.3 Å². The van der Waals surface area contributed by atoms with E-state index in [1.807, 2.05) is 73.3 Å². The number of hydrogen-bond donors (Lipinski definition) is 4. The number of H-pyrrole nitrogens is 1. The van der Waals surface area contributed by atoms with Gasteiger partial charge in [0, 0.05) is 78.1 Å². The number of nitrogens with zero attached hydrogens (tertiary/aromatic N) is 16. The SMILES string of the molecule is CC1(N)CCN(c2cnc3c(Sc4cccnc4C(F)(F)F)n[nH]c3n2)CC1.COc1ccc(Cn2nc(Br)c3ncc(N4CCC(C)(N)CC4)nc32)cc1.COc1ccc(Cn2nc(Sc3cccnc3C(F)(F)F)c3ncc(N4CCC(C)(N)CC4)nc32)cc1.